The molecule has 1 rings (SSSR count). The SMILES string of the molecule is Cln1cccc1C(Cl)(Cl)Cl. The summed E-state index contributed by atoms with van der Waals surface area (Å²) >= 11 is 22.2. The quantitative estimate of drug-likeness (QED) is 0.589. The zero-order valence-corrected chi connectivity index (χ0v) is 7.71. The first-order chi connectivity index (χ1) is 4.52. The van der Waals surface area contributed by atoms with E-state index in [-0.39, 0.29) is 0 Å². The maximum absolute atomic E-state index is 5.59. The van der Waals surface area contributed by atoms with Crippen LogP contribution in [0.3, 0.4) is 0 Å². The fourth-order valence-corrected chi connectivity index (χ4v) is 1.42. The first-order valence-corrected chi connectivity index (χ1v) is 3.90. The van der Waals surface area contributed by atoms with E-state index in [1.165, 1.54) is 4.09 Å². The highest BCUT2D eigenvalue weighted by atomic mass is 35.6. The van der Waals surface area contributed by atoms with Gasteiger partial charge in [0.1, 0.15) is 0 Å². The molecule has 0 aliphatic rings. The number of hydrogen-bond donors (Lipinski definition) is 0. The van der Waals surface area contributed by atoms with Crippen LogP contribution >= 0.6 is 46.6 Å². The number of hydrogen-bond acceptors (Lipinski definition) is 0. The fraction of sp³-hybridized carbons (Fsp3) is 0.200. The van der Waals surface area contributed by atoms with Gasteiger partial charge in [-0.25, -0.2) is 0 Å². The van der Waals surface area contributed by atoms with Gasteiger partial charge in [0, 0.05) is 18.0 Å². The molecular weight excluding hydrogens is 216 g/mol. The summed E-state index contributed by atoms with van der Waals surface area (Å²) in [6, 6.07) is 3.34. The molecule has 0 aromatic carbocycles. The van der Waals surface area contributed by atoms with Gasteiger partial charge in [0.2, 0.25) is 3.79 Å². The van der Waals surface area contributed by atoms with Crippen molar-refractivity contribution >= 4 is 46.6 Å². The Kier molecular flexibility index (Phi) is 2.41. The van der Waals surface area contributed by atoms with E-state index in [0.717, 1.165) is 0 Å². The molecule has 0 amide bonds. The molecule has 0 radical (unpaired) electrons. The van der Waals surface area contributed by atoms with Gasteiger partial charge in [-0.3, -0.25) is 4.09 Å². The van der Waals surface area contributed by atoms with Crippen molar-refractivity contribution in [1.82, 2.24) is 4.09 Å². The zero-order valence-electron chi connectivity index (χ0n) is 4.69. The number of halogens is 4. The molecule has 1 nitrogen and oxygen atoms in total. The second-order valence-corrected chi connectivity index (χ2v) is 4.35. The summed E-state index contributed by atoms with van der Waals surface area (Å²) < 4.78 is -0.196. The number of alkyl halides is 3. The van der Waals surface area contributed by atoms with Crippen molar-refractivity contribution in [1.29, 1.82) is 0 Å². The van der Waals surface area contributed by atoms with Crippen LogP contribution < -0.4 is 0 Å². The maximum Gasteiger partial charge on any atom is 0.231 e. The summed E-state index contributed by atoms with van der Waals surface area (Å²) in [5, 5.41) is 0. The minimum absolute atomic E-state index is 0.444. The normalized spacial score (nSPS) is 12.0. The predicted molar refractivity (Wildman–Crippen MR) is 44.9 cm³/mol. The molecule has 0 bridgehead atoms. The summed E-state index contributed by atoms with van der Waals surface area (Å²) in [5.41, 5.74) is 0.444. The van der Waals surface area contributed by atoms with Crippen LogP contribution in [0, 0.1) is 0 Å². The van der Waals surface area contributed by atoms with Gasteiger partial charge in [-0.1, -0.05) is 34.8 Å². The molecule has 1 heterocycles. The van der Waals surface area contributed by atoms with Crippen LogP contribution in [0.1, 0.15) is 5.69 Å². The molecule has 10 heavy (non-hydrogen) atoms. The van der Waals surface area contributed by atoms with Crippen molar-refractivity contribution in [2.45, 2.75) is 3.79 Å². The highest BCUT2D eigenvalue weighted by Crippen LogP contribution is 2.38. The summed E-state index contributed by atoms with van der Waals surface area (Å²) in [6.45, 7) is 0. The van der Waals surface area contributed by atoms with Crippen molar-refractivity contribution in [2.75, 3.05) is 0 Å². The molecule has 0 atom stereocenters. The Morgan fingerprint density at radius 1 is 1.30 bits per heavy atom. The van der Waals surface area contributed by atoms with Crippen LogP contribution in [-0.4, -0.2) is 4.09 Å². The second kappa shape index (κ2) is 2.82. The van der Waals surface area contributed by atoms with Gasteiger partial charge in [-0.15, -0.1) is 0 Å². The molecule has 0 aliphatic heterocycles. The smallest absolute Gasteiger partial charge is 0.231 e. The zero-order chi connectivity index (χ0) is 7.78. The van der Waals surface area contributed by atoms with Crippen molar-refractivity contribution in [3.05, 3.63) is 24.0 Å². The Morgan fingerprint density at radius 2 is 1.90 bits per heavy atom. The van der Waals surface area contributed by atoms with E-state index >= 15 is 0 Å². The summed E-state index contributed by atoms with van der Waals surface area (Å²) in [5.74, 6) is 0. The van der Waals surface area contributed by atoms with Gasteiger partial charge in [-0.2, -0.15) is 0 Å². The third-order valence-corrected chi connectivity index (χ3v) is 1.87. The van der Waals surface area contributed by atoms with E-state index in [9.17, 15) is 0 Å². The molecule has 1 aromatic rings. The van der Waals surface area contributed by atoms with Crippen LogP contribution in [0.25, 0.3) is 0 Å². The molecule has 56 valence electrons. The number of aromatic nitrogens is 1. The second-order valence-electron chi connectivity index (χ2n) is 1.70. The van der Waals surface area contributed by atoms with Gasteiger partial charge in [0.05, 0.1) is 5.69 Å². The van der Waals surface area contributed by atoms with Crippen molar-refractivity contribution in [3.63, 3.8) is 0 Å². The first-order valence-electron chi connectivity index (χ1n) is 2.42. The Bertz CT molecular complexity index is 224. The Morgan fingerprint density at radius 3 is 2.10 bits per heavy atom. The summed E-state index contributed by atoms with van der Waals surface area (Å²) in [6.07, 6.45) is 1.60. The van der Waals surface area contributed by atoms with Gasteiger partial charge in [0.25, 0.3) is 0 Å². The first kappa shape index (κ1) is 8.54. The predicted octanol–water partition coefficient (Wildman–Crippen LogP) is 3.32. The number of nitrogens with zero attached hydrogens (tertiary/aromatic N) is 1. The lowest BCUT2D eigenvalue weighted by molar-refractivity contribution is 1.06. The third kappa shape index (κ3) is 1.73. The average Bonchev–Trinajstić information content (AvgIpc) is 2.11. The van der Waals surface area contributed by atoms with Crippen LogP contribution in [0.2, 0.25) is 0 Å². The molecule has 0 aliphatic carbocycles. The minimum Gasteiger partial charge on any atom is -0.261 e. The lowest BCUT2D eigenvalue weighted by atomic mass is 10.5. The molecule has 0 saturated carbocycles. The van der Waals surface area contributed by atoms with Gasteiger partial charge >= 0.3 is 0 Å². The van der Waals surface area contributed by atoms with Crippen molar-refractivity contribution in [2.24, 2.45) is 0 Å². The van der Waals surface area contributed by atoms with Gasteiger partial charge in [-0.05, 0) is 12.1 Å². The van der Waals surface area contributed by atoms with Crippen LogP contribution in [0.5, 0.6) is 0 Å². The molecule has 0 N–H and O–H groups in total. The standard InChI is InChI=1S/C5H3Cl4N/c6-5(7,8)4-2-1-3-10(4)9/h1-3H. The molecule has 0 unspecified atom stereocenters. The summed E-state index contributed by atoms with van der Waals surface area (Å²) in [4.78, 5) is 0. The molecule has 5 heteroatoms. The lowest BCUT2D eigenvalue weighted by Gasteiger charge is -2.09. The van der Waals surface area contributed by atoms with E-state index in [0.29, 0.717) is 5.69 Å². The van der Waals surface area contributed by atoms with Gasteiger partial charge in [0.15, 0.2) is 0 Å². The highest BCUT2D eigenvalue weighted by molar-refractivity contribution is 6.66. The molecular formula is C5H3Cl4N. The minimum atomic E-state index is -1.44. The monoisotopic (exact) mass is 217 g/mol. The lowest BCUT2D eigenvalue weighted by Crippen LogP contribution is -2.03. The maximum atomic E-state index is 5.59. The fourth-order valence-electron chi connectivity index (χ4n) is 0.577. The molecule has 0 spiro atoms. The largest absolute Gasteiger partial charge is 0.261 e. The average molecular weight is 219 g/mol. The number of rotatable bonds is 0. The Labute approximate surface area is 78.5 Å². The van der Waals surface area contributed by atoms with E-state index in [1.54, 1.807) is 18.3 Å². The molecule has 0 fully saturated rings. The Balaban J connectivity index is 3.05. The van der Waals surface area contributed by atoms with E-state index in [1.807, 2.05) is 0 Å². The highest BCUT2D eigenvalue weighted by Gasteiger charge is 2.25. The van der Waals surface area contributed by atoms with E-state index < -0.39 is 3.79 Å². The van der Waals surface area contributed by atoms with Crippen molar-refractivity contribution in [3.8, 4) is 0 Å². The van der Waals surface area contributed by atoms with Crippen molar-refractivity contribution < 1.29 is 0 Å². The Hall–Kier alpha value is 0.440. The van der Waals surface area contributed by atoms with Crippen LogP contribution in [0.15, 0.2) is 18.3 Å². The molecule has 0 saturated heterocycles. The van der Waals surface area contributed by atoms with Crippen LogP contribution in [-0.2, 0) is 3.79 Å². The van der Waals surface area contributed by atoms with E-state index in [2.05, 4.69) is 0 Å². The molecule has 1 aromatic heterocycles. The van der Waals surface area contributed by atoms with Gasteiger partial charge < -0.3 is 0 Å². The third-order valence-electron chi connectivity index (χ3n) is 0.992. The van der Waals surface area contributed by atoms with Crippen LogP contribution in [0.4, 0.5) is 0 Å². The topological polar surface area (TPSA) is 4.93 Å². The summed E-state index contributed by atoms with van der Waals surface area (Å²) in [7, 11) is 0. The van der Waals surface area contributed by atoms with E-state index in [4.69, 9.17) is 46.6 Å².